The maximum absolute atomic E-state index is 11.7. The summed E-state index contributed by atoms with van der Waals surface area (Å²) in [7, 11) is 0. The van der Waals surface area contributed by atoms with Gasteiger partial charge in [0, 0.05) is 25.7 Å². The molecule has 1 aliphatic rings. The first-order chi connectivity index (χ1) is 11.4. The number of halogens is 1. The van der Waals surface area contributed by atoms with Crippen LogP contribution in [0.4, 0.5) is 4.79 Å². The Morgan fingerprint density at radius 2 is 1.92 bits per heavy atom. The van der Waals surface area contributed by atoms with Crippen molar-refractivity contribution >= 4 is 36.0 Å². The van der Waals surface area contributed by atoms with Gasteiger partial charge < -0.3 is 20.7 Å². The molecule has 1 saturated heterocycles. The molecule has 0 aromatic rings. The minimum Gasteiger partial charge on any atom is -0.450 e. The lowest BCUT2D eigenvalue weighted by Gasteiger charge is -2.32. The molecule has 0 radical (unpaired) electrons. The van der Waals surface area contributed by atoms with Gasteiger partial charge in [-0.1, -0.05) is 40.0 Å². The molecule has 1 amide bonds. The standard InChI is InChI=1S/C18H36N4O2.HI/c1-5-7-8-11-18(3,4)14-20-16(19)21-15-9-12-22(13-10-15)17(23)24-6-2;/h15H,5-14H2,1-4H3,(H3,19,20,21);1H. The highest BCUT2D eigenvalue weighted by atomic mass is 127. The number of nitrogens with one attached hydrogen (secondary N) is 1. The molecule has 1 rings (SSSR count). The molecule has 6 nitrogen and oxygen atoms in total. The molecule has 0 aromatic carbocycles. The maximum Gasteiger partial charge on any atom is 0.409 e. The van der Waals surface area contributed by atoms with Gasteiger partial charge in [-0.3, -0.25) is 4.99 Å². The summed E-state index contributed by atoms with van der Waals surface area (Å²) >= 11 is 0. The van der Waals surface area contributed by atoms with E-state index in [0.29, 0.717) is 25.7 Å². The Morgan fingerprint density at radius 1 is 1.28 bits per heavy atom. The minimum atomic E-state index is -0.216. The van der Waals surface area contributed by atoms with Crippen LogP contribution in [0.3, 0.4) is 0 Å². The summed E-state index contributed by atoms with van der Waals surface area (Å²) in [4.78, 5) is 18.0. The van der Waals surface area contributed by atoms with Crippen LogP contribution in [0.2, 0.25) is 0 Å². The first-order valence-electron chi connectivity index (χ1n) is 9.36. The van der Waals surface area contributed by atoms with E-state index in [4.69, 9.17) is 10.5 Å². The highest BCUT2D eigenvalue weighted by Gasteiger charge is 2.24. The Morgan fingerprint density at radius 3 is 2.48 bits per heavy atom. The summed E-state index contributed by atoms with van der Waals surface area (Å²) < 4.78 is 5.03. The first kappa shape index (κ1) is 24.3. The number of hydrogen-bond donors (Lipinski definition) is 2. The Balaban J connectivity index is 0.00000576. The number of hydrogen-bond acceptors (Lipinski definition) is 3. The number of piperidine rings is 1. The number of amides is 1. The van der Waals surface area contributed by atoms with E-state index >= 15 is 0 Å². The van der Waals surface area contributed by atoms with Crippen molar-refractivity contribution in [3.63, 3.8) is 0 Å². The average molecular weight is 468 g/mol. The zero-order valence-corrected chi connectivity index (χ0v) is 18.7. The summed E-state index contributed by atoms with van der Waals surface area (Å²) in [5.41, 5.74) is 6.23. The molecule has 0 bridgehead atoms. The van der Waals surface area contributed by atoms with Crippen LogP contribution in [0.5, 0.6) is 0 Å². The van der Waals surface area contributed by atoms with E-state index in [-0.39, 0.29) is 41.5 Å². The van der Waals surface area contributed by atoms with Crippen molar-refractivity contribution in [2.45, 2.75) is 72.3 Å². The molecular formula is C18H37IN4O2. The largest absolute Gasteiger partial charge is 0.450 e. The number of aliphatic imine (C=N–C) groups is 1. The van der Waals surface area contributed by atoms with Crippen LogP contribution in [0.1, 0.15) is 66.2 Å². The number of guanidine groups is 1. The van der Waals surface area contributed by atoms with Crippen LogP contribution in [0.25, 0.3) is 0 Å². The van der Waals surface area contributed by atoms with Gasteiger partial charge in [0.05, 0.1) is 6.61 Å². The zero-order valence-electron chi connectivity index (χ0n) is 16.3. The molecule has 7 heteroatoms. The highest BCUT2D eigenvalue weighted by Crippen LogP contribution is 2.24. The van der Waals surface area contributed by atoms with E-state index in [2.05, 4.69) is 31.1 Å². The number of unbranched alkanes of at least 4 members (excludes halogenated alkanes) is 2. The number of rotatable bonds is 8. The van der Waals surface area contributed by atoms with E-state index in [1.165, 1.54) is 25.7 Å². The molecule has 0 spiro atoms. The SMILES string of the molecule is CCCCCC(C)(C)CN=C(N)NC1CCN(C(=O)OCC)CC1.I. The number of ether oxygens (including phenoxy) is 1. The number of nitrogens with zero attached hydrogens (tertiary/aromatic N) is 2. The molecule has 1 heterocycles. The predicted octanol–water partition coefficient (Wildman–Crippen LogP) is 3.74. The Bertz CT molecular complexity index is 408. The zero-order chi connectivity index (χ0) is 18.0. The molecule has 3 N–H and O–H groups in total. The summed E-state index contributed by atoms with van der Waals surface area (Å²) in [5, 5.41) is 3.30. The molecule has 0 aliphatic carbocycles. The molecule has 0 aromatic heterocycles. The van der Waals surface area contributed by atoms with Crippen molar-refractivity contribution in [1.29, 1.82) is 0 Å². The third-order valence-corrected chi connectivity index (χ3v) is 4.51. The van der Waals surface area contributed by atoms with E-state index in [9.17, 15) is 4.79 Å². The van der Waals surface area contributed by atoms with Gasteiger partial charge in [0.1, 0.15) is 0 Å². The lowest BCUT2D eigenvalue weighted by Crippen LogP contribution is -2.48. The van der Waals surface area contributed by atoms with E-state index < -0.39 is 0 Å². The van der Waals surface area contributed by atoms with Gasteiger partial charge >= 0.3 is 6.09 Å². The normalized spacial score (nSPS) is 16.3. The second-order valence-corrected chi connectivity index (χ2v) is 7.43. The fourth-order valence-electron chi connectivity index (χ4n) is 2.91. The van der Waals surface area contributed by atoms with Gasteiger partial charge in [-0.05, 0) is 31.6 Å². The monoisotopic (exact) mass is 468 g/mol. The third-order valence-electron chi connectivity index (χ3n) is 4.51. The van der Waals surface area contributed by atoms with Gasteiger partial charge in [-0.25, -0.2) is 4.79 Å². The van der Waals surface area contributed by atoms with Crippen molar-refractivity contribution in [3.05, 3.63) is 0 Å². The topological polar surface area (TPSA) is 80.0 Å². The fraction of sp³-hybridized carbons (Fsp3) is 0.889. The second-order valence-electron chi connectivity index (χ2n) is 7.43. The van der Waals surface area contributed by atoms with Gasteiger partial charge in [-0.15, -0.1) is 24.0 Å². The molecule has 0 atom stereocenters. The molecular weight excluding hydrogens is 431 g/mol. The minimum absolute atomic E-state index is 0. The Kier molecular flexibility index (Phi) is 12.2. The lowest BCUT2D eigenvalue weighted by atomic mass is 9.87. The number of likely N-dealkylation sites (tertiary alicyclic amines) is 1. The summed E-state index contributed by atoms with van der Waals surface area (Å²) in [6, 6.07) is 0.280. The van der Waals surface area contributed by atoms with E-state index in [0.717, 1.165) is 19.4 Å². The van der Waals surface area contributed by atoms with Gasteiger partial charge in [0.15, 0.2) is 5.96 Å². The average Bonchev–Trinajstić information content (AvgIpc) is 2.54. The van der Waals surface area contributed by atoms with Crippen LogP contribution in [0.15, 0.2) is 4.99 Å². The first-order valence-corrected chi connectivity index (χ1v) is 9.36. The Hall–Kier alpha value is -0.730. The van der Waals surface area contributed by atoms with Gasteiger partial charge in [0.25, 0.3) is 0 Å². The molecule has 148 valence electrons. The maximum atomic E-state index is 11.7. The van der Waals surface area contributed by atoms with Gasteiger partial charge in [-0.2, -0.15) is 0 Å². The molecule has 25 heavy (non-hydrogen) atoms. The van der Waals surface area contributed by atoms with Crippen molar-refractivity contribution < 1.29 is 9.53 Å². The lowest BCUT2D eigenvalue weighted by molar-refractivity contribution is 0.0963. The fourth-order valence-corrected chi connectivity index (χ4v) is 2.91. The summed E-state index contributed by atoms with van der Waals surface area (Å²) in [5.74, 6) is 0.521. The Labute approximate surface area is 170 Å². The molecule has 1 aliphatic heterocycles. The van der Waals surface area contributed by atoms with Crippen molar-refractivity contribution in [1.82, 2.24) is 10.2 Å². The second kappa shape index (κ2) is 12.6. The smallest absolute Gasteiger partial charge is 0.409 e. The number of nitrogens with two attached hydrogens (primary N) is 1. The number of carbonyl (C=O) groups excluding carboxylic acids is 1. The quantitative estimate of drug-likeness (QED) is 0.246. The van der Waals surface area contributed by atoms with Gasteiger partial charge in [0.2, 0.25) is 0 Å². The van der Waals surface area contributed by atoms with Crippen LogP contribution >= 0.6 is 24.0 Å². The van der Waals surface area contributed by atoms with Crippen molar-refractivity contribution in [3.8, 4) is 0 Å². The van der Waals surface area contributed by atoms with Crippen LogP contribution < -0.4 is 11.1 Å². The van der Waals surface area contributed by atoms with E-state index in [1.807, 2.05) is 6.92 Å². The highest BCUT2D eigenvalue weighted by molar-refractivity contribution is 14.0. The van der Waals surface area contributed by atoms with Crippen LogP contribution in [-0.2, 0) is 4.74 Å². The van der Waals surface area contributed by atoms with Crippen molar-refractivity contribution in [2.24, 2.45) is 16.1 Å². The third kappa shape index (κ3) is 10.1. The molecule has 0 saturated carbocycles. The van der Waals surface area contributed by atoms with Crippen LogP contribution in [-0.4, -0.2) is 49.2 Å². The summed E-state index contributed by atoms with van der Waals surface area (Å²) in [6.45, 7) is 11.1. The number of carbonyl (C=O) groups is 1. The summed E-state index contributed by atoms with van der Waals surface area (Å²) in [6.07, 6.45) is 6.47. The van der Waals surface area contributed by atoms with E-state index in [1.54, 1.807) is 4.90 Å². The predicted molar refractivity (Wildman–Crippen MR) is 115 cm³/mol. The molecule has 0 unspecified atom stereocenters. The molecule has 1 fully saturated rings. The van der Waals surface area contributed by atoms with Crippen molar-refractivity contribution in [2.75, 3.05) is 26.2 Å². The van der Waals surface area contributed by atoms with Crippen LogP contribution in [0, 0.1) is 5.41 Å².